The van der Waals surface area contributed by atoms with Gasteiger partial charge in [0.25, 0.3) is 0 Å². The number of hydrogen-bond donors (Lipinski definition) is 1. The zero-order chi connectivity index (χ0) is 24.8. The zero-order valence-electron chi connectivity index (χ0n) is 20.8. The Bertz CT molecular complexity index is 1580. The van der Waals surface area contributed by atoms with E-state index in [0.717, 1.165) is 60.6 Å². The van der Waals surface area contributed by atoms with Crippen molar-refractivity contribution in [3.8, 4) is 0 Å². The Morgan fingerprint density at radius 3 is 2.58 bits per heavy atom. The highest BCUT2D eigenvalue weighted by molar-refractivity contribution is 6.10. The molecule has 0 saturated carbocycles. The van der Waals surface area contributed by atoms with Crippen LogP contribution in [0.3, 0.4) is 0 Å². The van der Waals surface area contributed by atoms with Gasteiger partial charge in [-0.3, -0.25) is 14.4 Å². The van der Waals surface area contributed by atoms with E-state index in [1.165, 1.54) is 16.4 Å². The molecule has 36 heavy (non-hydrogen) atoms. The highest BCUT2D eigenvalue weighted by Crippen LogP contribution is 2.31. The van der Waals surface area contributed by atoms with Crippen molar-refractivity contribution in [1.82, 2.24) is 29.2 Å². The van der Waals surface area contributed by atoms with Crippen LogP contribution in [-0.4, -0.2) is 67.3 Å². The van der Waals surface area contributed by atoms with Gasteiger partial charge in [0.2, 0.25) is 5.91 Å². The van der Waals surface area contributed by atoms with E-state index in [2.05, 4.69) is 78.1 Å². The van der Waals surface area contributed by atoms with Gasteiger partial charge in [-0.25, -0.2) is 9.97 Å². The van der Waals surface area contributed by atoms with E-state index in [9.17, 15) is 4.79 Å². The van der Waals surface area contributed by atoms with Crippen LogP contribution in [0.4, 0.5) is 11.5 Å². The van der Waals surface area contributed by atoms with Crippen LogP contribution in [0.5, 0.6) is 0 Å². The lowest BCUT2D eigenvalue weighted by atomic mass is 10.1. The summed E-state index contributed by atoms with van der Waals surface area (Å²) in [5.74, 6) is 0.920. The van der Waals surface area contributed by atoms with Crippen molar-refractivity contribution in [2.45, 2.75) is 26.4 Å². The molecule has 4 heterocycles. The number of aryl methyl sites for hydroxylation is 2. The summed E-state index contributed by atoms with van der Waals surface area (Å²) in [6, 6.07) is 14.4. The van der Waals surface area contributed by atoms with Crippen LogP contribution in [0.2, 0.25) is 0 Å². The molecule has 3 aromatic heterocycles. The molecular weight excluding hydrogens is 452 g/mol. The number of rotatable bonds is 5. The fourth-order valence-corrected chi connectivity index (χ4v) is 5.41. The second-order valence-corrected chi connectivity index (χ2v) is 9.38. The average molecular weight is 483 g/mol. The Labute approximate surface area is 209 Å². The molecule has 6 rings (SSSR count). The van der Waals surface area contributed by atoms with Crippen LogP contribution in [0.15, 0.2) is 55.0 Å². The van der Waals surface area contributed by atoms with Crippen molar-refractivity contribution < 1.29 is 4.79 Å². The first kappa shape index (κ1) is 22.5. The number of hydrogen-bond acceptors (Lipinski definition) is 6. The van der Waals surface area contributed by atoms with Gasteiger partial charge in [0.1, 0.15) is 12.1 Å². The van der Waals surface area contributed by atoms with Gasteiger partial charge in [-0.2, -0.15) is 5.10 Å². The number of aromatic nitrogens is 5. The molecule has 0 bridgehead atoms. The van der Waals surface area contributed by atoms with Gasteiger partial charge < -0.3 is 14.8 Å². The third kappa shape index (κ3) is 3.67. The predicted molar refractivity (Wildman–Crippen MR) is 143 cm³/mol. The van der Waals surface area contributed by atoms with Gasteiger partial charge in [-0.1, -0.05) is 18.2 Å². The molecule has 1 aliphatic heterocycles. The number of carbonyl (C=O) groups is 1. The van der Waals surface area contributed by atoms with Gasteiger partial charge in [0, 0.05) is 67.3 Å². The fraction of sp³-hybridized carbons (Fsp3) is 0.333. The molecule has 1 aliphatic rings. The number of para-hydroxylation sites is 1. The summed E-state index contributed by atoms with van der Waals surface area (Å²) < 4.78 is 4.08. The lowest BCUT2D eigenvalue weighted by Crippen LogP contribution is -2.53. The van der Waals surface area contributed by atoms with Gasteiger partial charge in [-0.15, -0.1) is 0 Å². The second-order valence-electron chi connectivity index (χ2n) is 9.38. The molecule has 5 aromatic rings. The SMILES string of the molecule is CCn1c2ccccc2c2cc(NC(=O)C(C)N3CCN(c4ncnc5c4cnn5C)CC3)ccc21. The van der Waals surface area contributed by atoms with Crippen molar-refractivity contribution in [3.63, 3.8) is 0 Å². The highest BCUT2D eigenvalue weighted by Gasteiger charge is 2.27. The minimum atomic E-state index is -0.233. The lowest BCUT2D eigenvalue weighted by Gasteiger charge is -2.38. The van der Waals surface area contributed by atoms with Crippen molar-refractivity contribution in [1.29, 1.82) is 0 Å². The number of nitrogens with one attached hydrogen (secondary N) is 1. The Kier molecular flexibility index (Phi) is 5.56. The Hall–Kier alpha value is -3.98. The van der Waals surface area contributed by atoms with Crippen LogP contribution >= 0.6 is 0 Å². The maximum atomic E-state index is 13.2. The maximum Gasteiger partial charge on any atom is 0.241 e. The smallest absolute Gasteiger partial charge is 0.241 e. The molecule has 1 unspecified atom stereocenters. The highest BCUT2D eigenvalue weighted by atomic mass is 16.2. The van der Waals surface area contributed by atoms with Crippen molar-refractivity contribution >= 4 is 50.3 Å². The first-order valence-corrected chi connectivity index (χ1v) is 12.5. The summed E-state index contributed by atoms with van der Waals surface area (Å²) in [4.78, 5) is 26.5. The van der Waals surface area contributed by atoms with Crippen molar-refractivity contribution in [2.24, 2.45) is 7.05 Å². The van der Waals surface area contributed by atoms with Gasteiger partial charge in [0.15, 0.2) is 5.65 Å². The molecule has 1 saturated heterocycles. The van der Waals surface area contributed by atoms with Crippen molar-refractivity contribution in [3.05, 3.63) is 55.0 Å². The van der Waals surface area contributed by atoms with E-state index in [-0.39, 0.29) is 11.9 Å². The lowest BCUT2D eigenvalue weighted by molar-refractivity contribution is -0.120. The second kappa shape index (κ2) is 8.91. The number of amides is 1. The minimum Gasteiger partial charge on any atom is -0.353 e. The summed E-state index contributed by atoms with van der Waals surface area (Å²) in [6.45, 7) is 8.19. The predicted octanol–water partition coefficient (Wildman–Crippen LogP) is 3.64. The van der Waals surface area contributed by atoms with E-state index < -0.39 is 0 Å². The largest absolute Gasteiger partial charge is 0.353 e. The Balaban J connectivity index is 1.15. The zero-order valence-corrected chi connectivity index (χ0v) is 20.8. The number of anilines is 2. The van der Waals surface area contributed by atoms with Crippen LogP contribution in [0.25, 0.3) is 32.8 Å². The third-order valence-corrected chi connectivity index (χ3v) is 7.41. The van der Waals surface area contributed by atoms with Gasteiger partial charge >= 0.3 is 0 Å². The third-order valence-electron chi connectivity index (χ3n) is 7.41. The number of carbonyl (C=O) groups excluding carboxylic acids is 1. The number of nitrogens with zero attached hydrogens (tertiary/aromatic N) is 7. The average Bonchev–Trinajstić information content (AvgIpc) is 3.45. The summed E-state index contributed by atoms with van der Waals surface area (Å²) in [5, 5.41) is 10.8. The van der Waals surface area contributed by atoms with E-state index in [1.54, 1.807) is 11.0 Å². The van der Waals surface area contributed by atoms with Crippen LogP contribution in [0.1, 0.15) is 13.8 Å². The molecule has 0 aliphatic carbocycles. The normalized spacial score (nSPS) is 15.7. The quantitative estimate of drug-likeness (QED) is 0.412. The molecule has 9 nitrogen and oxygen atoms in total. The summed E-state index contributed by atoms with van der Waals surface area (Å²) in [5.41, 5.74) is 4.07. The summed E-state index contributed by atoms with van der Waals surface area (Å²) in [6.07, 6.45) is 3.42. The molecule has 184 valence electrons. The molecule has 0 spiro atoms. The molecule has 1 atom stereocenters. The number of fused-ring (bicyclic) bond motifs is 4. The number of benzene rings is 2. The Morgan fingerprint density at radius 2 is 1.78 bits per heavy atom. The number of piperazine rings is 1. The monoisotopic (exact) mass is 482 g/mol. The first-order valence-electron chi connectivity index (χ1n) is 12.5. The maximum absolute atomic E-state index is 13.2. The van der Waals surface area contributed by atoms with Crippen molar-refractivity contribution in [2.75, 3.05) is 36.4 Å². The van der Waals surface area contributed by atoms with E-state index >= 15 is 0 Å². The summed E-state index contributed by atoms with van der Waals surface area (Å²) >= 11 is 0. The van der Waals surface area contributed by atoms with Gasteiger partial charge in [-0.05, 0) is 38.1 Å². The molecule has 2 aromatic carbocycles. The standard InChI is InChI=1S/C27H30N8O/c1-4-35-23-8-6-5-7-20(23)21-15-19(9-10-24(21)35)31-27(36)18(2)33-11-13-34(14-12-33)26-22-16-30-32(3)25(22)28-17-29-26/h5-10,15-18H,4,11-14H2,1-3H3,(H,31,36). The molecule has 1 amide bonds. The first-order chi connectivity index (χ1) is 17.5. The van der Waals surface area contributed by atoms with Crippen LogP contribution < -0.4 is 10.2 Å². The van der Waals surface area contributed by atoms with E-state index in [4.69, 9.17) is 0 Å². The minimum absolute atomic E-state index is 0.0127. The molecule has 9 heteroatoms. The van der Waals surface area contributed by atoms with Gasteiger partial charge in [0.05, 0.1) is 17.6 Å². The summed E-state index contributed by atoms with van der Waals surface area (Å²) in [7, 11) is 1.89. The van der Waals surface area contributed by atoms with E-state index in [1.807, 2.05) is 26.2 Å². The molecule has 0 radical (unpaired) electrons. The molecule has 1 fully saturated rings. The fourth-order valence-electron chi connectivity index (χ4n) is 5.41. The van der Waals surface area contributed by atoms with Crippen LogP contribution in [0, 0.1) is 0 Å². The molecular formula is C27H30N8O. The topological polar surface area (TPSA) is 84.1 Å². The Morgan fingerprint density at radius 1 is 1.00 bits per heavy atom. The molecule has 1 N–H and O–H groups in total. The van der Waals surface area contributed by atoms with Crippen LogP contribution in [-0.2, 0) is 18.4 Å². The van der Waals surface area contributed by atoms with E-state index in [0.29, 0.717) is 0 Å².